The third-order valence-corrected chi connectivity index (χ3v) is 3.20. The molecule has 1 heterocycles. The van der Waals surface area contributed by atoms with E-state index in [4.69, 9.17) is 11.6 Å². The number of nitrogens with zero attached hydrogens (tertiary/aromatic N) is 2. The molecule has 1 aromatic carbocycles. The minimum atomic E-state index is 0.0265. The van der Waals surface area contributed by atoms with Gasteiger partial charge in [0.25, 0.3) is 0 Å². The molecule has 0 saturated heterocycles. The van der Waals surface area contributed by atoms with Gasteiger partial charge in [0.05, 0.1) is 6.04 Å². The van der Waals surface area contributed by atoms with Crippen molar-refractivity contribution >= 4 is 11.6 Å². The average molecular weight is 250 g/mol. The number of imidazole rings is 1. The molecule has 0 radical (unpaired) electrons. The molecule has 1 atom stereocenters. The maximum absolute atomic E-state index is 6.23. The molecule has 3 nitrogen and oxygen atoms in total. The van der Waals surface area contributed by atoms with Crippen LogP contribution in [0.5, 0.6) is 0 Å². The van der Waals surface area contributed by atoms with Crippen LogP contribution in [0.4, 0.5) is 0 Å². The van der Waals surface area contributed by atoms with Gasteiger partial charge in [-0.2, -0.15) is 0 Å². The Kier molecular flexibility index (Phi) is 3.82. The molecule has 0 spiro atoms. The molecule has 0 saturated carbocycles. The highest BCUT2D eigenvalue weighted by Gasteiger charge is 2.18. The molecule has 1 N–H and O–H groups in total. The lowest BCUT2D eigenvalue weighted by Crippen LogP contribution is -2.22. The Bertz CT molecular complexity index is 493. The highest BCUT2D eigenvalue weighted by molar-refractivity contribution is 6.31. The summed E-state index contributed by atoms with van der Waals surface area (Å²) in [5, 5.41) is 4.03. The Labute approximate surface area is 106 Å². The highest BCUT2D eigenvalue weighted by Crippen LogP contribution is 2.26. The summed E-state index contributed by atoms with van der Waals surface area (Å²) in [7, 11) is 1.92. The fraction of sp³-hybridized carbons (Fsp3) is 0.308. The van der Waals surface area contributed by atoms with Gasteiger partial charge in [-0.1, -0.05) is 29.8 Å². The zero-order valence-electron chi connectivity index (χ0n) is 10.0. The van der Waals surface area contributed by atoms with E-state index in [0.717, 1.165) is 23.0 Å². The molecule has 2 rings (SSSR count). The van der Waals surface area contributed by atoms with Crippen LogP contribution in [-0.2, 0) is 6.54 Å². The number of hydrogen-bond donors (Lipinski definition) is 1. The van der Waals surface area contributed by atoms with Crippen molar-refractivity contribution in [2.45, 2.75) is 19.5 Å². The van der Waals surface area contributed by atoms with Crippen LogP contribution in [0.3, 0.4) is 0 Å². The SMILES string of the molecule is CCn1ccnc1C(NC)c1ccccc1Cl. The Hall–Kier alpha value is -1.32. The molecule has 0 fully saturated rings. The number of halogens is 1. The van der Waals surface area contributed by atoms with Crippen molar-refractivity contribution < 1.29 is 0 Å². The Balaban J connectivity index is 2.44. The van der Waals surface area contributed by atoms with E-state index < -0.39 is 0 Å². The summed E-state index contributed by atoms with van der Waals surface area (Å²) in [4.78, 5) is 4.42. The summed E-state index contributed by atoms with van der Waals surface area (Å²) in [6, 6.07) is 7.88. The van der Waals surface area contributed by atoms with Crippen LogP contribution in [0.15, 0.2) is 36.7 Å². The predicted octanol–water partition coefficient (Wildman–Crippen LogP) is 2.87. The third kappa shape index (κ3) is 2.35. The van der Waals surface area contributed by atoms with E-state index in [1.165, 1.54) is 0 Å². The normalized spacial score (nSPS) is 12.6. The summed E-state index contributed by atoms with van der Waals surface area (Å²) in [6.45, 7) is 3.00. The summed E-state index contributed by atoms with van der Waals surface area (Å²) in [6.07, 6.45) is 3.80. The average Bonchev–Trinajstić information content (AvgIpc) is 2.81. The van der Waals surface area contributed by atoms with Crippen molar-refractivity contribution in [3.05, 3.63) is 53.1 Å². The first kappa shape index (κ1) is 12.1. The first-order valence-corrected chi connectivity index (χ1v) is 6.08. The van der Waals surface area contributed by atoms with Gasteiger partial charge in [0.15, 0.2) is 0 Å². The van der Waals surface area contributed by atoms with E-state index in [1.54, 1.807) is 0 Å². The molecular weight excluding hydrogens is 234 g/mol. The van der Waals surface area contributed by atoms with E-state index in [0.29, 0.717) is 0 Å². The van der Waals surface area contributed by atoms with Crippen LogP contribution in [-0.4, -0.2) is 16.6 Å². The van der Waals surface area contributed by atoms with Crippen LogP contribution in [0.2, 0.25) is 5.02 Å². The third-order valence-electron chi connectivity index (χ3n) is 2.85. The number of benzene rings is 1. The molecule has 1 aromatic heterocycles. The van der Waals surface area contributed by atoms with E-state index in [1.807, 2.05) is 43.7 Å². The molecular formula is C13H16ClN3. The van der Waals surface area contributed by atoms with E-state index in [-0.39, 0.29) is 6.04 Å². The molecule has 17 heavy (non-hydrogen) atoms. The minimum Gasteiger partial charge on any atom is -0.334 e. The molecule has 4 heteroatoms. The lowest BCUT2D eigenvalue weighted by molar-refractivity contribution is 0.590. The van der Waals surface area contributed by atoms with Crippen LogP contribution < -0.4 is 5.32 Å². The maximum Gasteiger partial charge on any atom is 0.130 e. The molecule has 90 valence electrons. The summed E-state index contributed by atoms with van der Waals surface area (Å²) in [5.74, 6) is 0.989. The fourth-order valence-electron chi connectivity index (χ4n) is 1.98. The van der Waals surface area contributed by atoms with Gasteiger partial charge >= 0.3 is 0 Å². The van der Waals surface area contributed by atoms with Crippen molar-refractivity contribution in [2.24, 2.45) is 0 Å². The molecule has 0 bridgehead atoms. The topological polar surface area (TPSA) is 29.9 Å². The van der Waals surface area contributed by atoms with Crippen LogP contribution >= 0.6 is 11.6 Å². The number of rotatable bonds is 4. The van der Waals surface area contributed by atoms with Crippen molar-refractivity contribution in [1.29, 1.82) is 0 Å². The van der Waals surface area contributed by atoms with Gasteiger partial charge < -0.3 is 9.88 Å². The van der Waals surface area contributed by atoms with E-state index >= 15 is 0 Å². The van der Waals surface area contributed by atoms with E-state index in [2.05, 4.69) is 21.8 Å². The second-order valence-electron chi connectivity index (χ2n) is 3.81. The maximum atomic E-state index is 6.23. The second-order valence-corrected chi connectivity index (χ2v) is 4.22. The monoisotopic (exact) mass is 249 g/mol. The van der Waals surface area contributed by atoms with Crippen LogP contribution in [0.1, 0.15) is 24.4 Å². The lowest BCUT2D eigenvalue weighted by Gasteiger charge is -2.18. The smallest absolute Gasteiger partial charge is 0.130 e. The Morgan fingerprint density at radius 1 is 1.41 bits per heavy atom. The number of hydrogen-bond acceptors (Lipinski definition) is 2. The predicted molar refractivity (Wildman–Crippen MR) is 70.3 cm³/mol. The highest BCUT2D eigenvalue weighted by atomic mass is 35.5. The largest absolute Gasteiger partial charge is 0.334 e. The van der Waals surface area contributed by atoms with Crippen molar-refractivity contribution in [2.75, 3.05) is 7.05 Å². The zero-order chi connectivity index (χ0) is 12.3. The van der Waals surface area contributed by atoms with Gasteiger partial charge in [-0.15, -0.1) is 0 Å². The first-order valence-electron chi connectivity index (χ1n) is 5.70. The number of aryl methyl sites for hydroxylation is 1. The molecule has 0 aliphatic carbocycles. The first-order chi connectivity index (χ1) is 8.27. The van der Waals surface area contributed by atoms with Gasteiger partial charge in [0.1, 0.15) is 5.82 Å². The van der Waals surface area contributed by atoms with Crippen LogP contribution in [0.25, 0.3) is 0 Å². The standard InChI is InChI=1S/C13H16ClN3/c1-3-17-9-8-16-13(17)12(15-2)10-6-4-5-7-11(10)14/h4-9,12,15H,3H2,1-2H3. The lowest BCUT2D eigenvalue weighted by atomic mass is 10.1. The van der Waals surface area contributed by atoms with Crippen molar-refractivity contribution in [1.82, 2.24) is 14.9 Å². The second kappa shape index (κ2) is 5.34. The molecule has 0 aliphatic heterocycles. The van der Waals surface area contributed by atoms with E-state index in [9.17, 15) is 0 Å². The summed E-state index contributed by atoms with van der Waals surface area (Å²) >= 11 is 6.23. The zero-order valence-corrected chi connectivity index (χ0v) is 10.8. The van der Waals surface area contributed by atoms with Gasteiger partial charge in [0.2, 0.25) is 0 Å². The Morgan fingerprint density at radius 3 is 2.82 bits per heavy atom. The number of aromatic nitrogens is 2. The minimum absolute atomic E-state index is 0.0265. The fourth-order valence-corrected chi connectivity index (χ4v) is 2.23. The van der Waals surface area contributed by atoms with Crippen molar-refractivity contribution in [3.63, 3.8) is 0 Å². The van der Waals surface area contributed by atoms with Gasteiger partial charge in [-0.3, -0.25) is 0 Å². The molecule has 0 amide bonds. The molecule has 2 aromatic rings. The van der Waals surface area contributed by atoms with Gasteiger partial charge in [-0.25, -0.2) is 4.98 Å². The summed E-state index contributed by atoms with van der Waals surface area (Å²) < 4.78 is 2.12. The molecule has 0 aliphatic rings. The summed E-state index contributed by atoms with van der Waals surface area (Å²) in [5.41, 5.74) is 1.05. The number of nitrogens with one attached hydrogen (secondary N) is 1. The molecule has 1 unspecified atom stereocenters. The van der Waals surface area contributed by atoms with Gasteiger partial charge in [-0.05, 0) is 25.6 Å². The quantitative estimate of drug-likeness (QED) is 0.903. The van der Waals surface area contributed by atoms with Gasteiger partial charge in [0, 0.05) is 24.0 Å². The Morgan fingerprint density at radius 2 is 2.18 bits per heavy atom. The van der Waals surface area contributed by atoms with Crippen LogP contribution in [0, 0.1) is 0 Å². The van der Waals surface area contributed by atoms with Crippen molar-refractivity contribution in [3.8, 4) is 0 Å².